The van der Waals surface area contributed by atoms with Gasteiger partial charge in [-0.2, -0.15) is 0 Å². The maximum atomic E-state index is 11.6. The molecule has 1 heterocycles. The number of aromatic nitrogens is 4. The first-order valence-corrected chi connectivity index (χ1v) is 7.17. The van der Waals surface area contributed by atoms with Crippen LogP contribution in [0.1, 0.15) is 6.42 Å². The first-order chi connectivity index (χ1) is 9.46. The van der Waals surface area contributed by atoms with Crippen LogP contribution in [0.25, 0.3) is 5.69 Å². The largest absolute Gasteiger partial charge is 0.481 e. The van der Waals surface area contributed by atoms with Gasteiger partial charge in [-0.1, -0.05) is 0 Å². The second kappa shape index (κ2) is 5.65. The summed E-state index contributed by atoms with van der Waals surface area (Å²) in [5, 5.41) is 19.1. The molecule has 0 spiro atoms. The van der Waals surface area contributed by atoms with E-state index in [2.05, 4.69) is 20.2 Å². The zero-order chi connectivity index (χ0) is 14.6. The lowest BCUT2D eigenvalue weighted by molar-refractivity contribution is -0.136. The molecule has 0 bridgehead atoms. The van der Waals surface area contributed by atoms with Gasteiger partial charge < -0.3 is 5.11 Å². The minimum absolute atomic E-state index is 0.340. The molecule has 20 heavy (non-hydrogen) atoms. The Kier molecular flexibility index (Phi) is 3.94. The van der Waals surface area contributed by atoms with Gasteiger partial charge in [0.15, 0.2) is 0 Å². The standard InChI is InChI=1S/C10H11N5O4S/c16-10(17)5-6-20(18,19)12-8-1-3-9(4-2-8)15-7-11-13-14-15/h1-4,7,12H,5-6H2,(H,16,17). The summed E-state index contributed by atoms with van der Waals surface area (Å²) in [6.45, 7) is 0. The number of carbonyl (C=O) groups is 1. The molecule has 1 aromatic carbocycles. The highest BCUT2D eigenvalue weighted by Crippen LogP contribution is 2.13. The Morgan fingerprint density at radius 2 is 2.00 bits per heavy atom. The summed E-state index contributed by atoms with van der Waals surface area (Å²) in [4.78, 5) is 10.4. The van der Waals surface area contributed by atoms with Gasteiger partial charge in [0.1, 0.15) is 6.33 Å². The van der Waals surface area contributed by atoms with E-state index in [4.69, 9.17) is 5.11 Å². The monoisotopic (exact) mass is 297 g/mol. The van der Waals surface area contributed by atoms with Gasteiger partial charge in [-0.15, -0.1) is 5.10 Å². The van der Waals surface area contributed by atoms with Gasteiger partial charge in [0.2, 0.25) is 10.0 Å². The highest BCUT2D eigenvalue weighted by Gasteiger charge is 2.12. The summed E-state index contributed by atoms with van der Waals surface area (Å²) in [6, 6.07) is 6.33. The molecule has 0 saturated heterocycles. The first kappa shape index (κ1) is 13.9. The van der Waals surface area contributed by atoms with Crippen LogP contribution in [0.15, 0.2) is 30.6 Å². The predicted molar refractivity (Wildman–Crippen MR) is 68.8 cm³/mol. The molecule has 106 valence electrons. The van der Waals surface area contributed by atoms with Crippen molar-refractivity contribution in [1.29, 1.82) is 0 Å². The van der Waals surface area contributed by atoms with Crippen molar-refractivity contribution in [3.63, 3.8) is 0 Å². The number of tetrazole rings is 1. The summed E-state index contributed by atoms with van der Waals surface area (Å²) >= 11 is 0. The molecular weight excluding hydrogens is 286 g/mol. The molecule has 0 radical (unpaired) electrons. The molecule has 0 amide bonds. The Bertz CT molecular complexity index is 681. The second-order valence-corrected chi connectivity index (χ2v) is 5.71. The van der Waals surface area contributed by atoms with Crippen LogP contribution in [0.2, 0.25) is 0 Å². The highest BCUT2D eigenvalue weighted by atomic mass is 32.2. The van der Waals surface area contributed by atoms with E-state index in [1.54, 1.807) is 12.1 Å². The van der Waals surface area contributed by atoms with Crippen LogP contribution in [-0.4, -0.2) is 45.5 Å². The molecule has 0 saturated carbocycles. The smallest absolute Gasteiger partial charge is 0.304 e. The highest BCUT2D eigenvalue weighted by molar-refractivity contribution is 7.92. The van der Waals surface area contributed by atoms with Crippen molar-refractivity contribution in [2.45, 2.75) is 6.42 Å². The van der Waals surface area contributed by atoms with E-state index in [9.17, 15) is 13.2 Å². The second-order valence-electron chi connectivity index (χ2n) is 3.87. The molecule has 2 N–H and O–H groups in total. The number of hydrogen-bond donors (Lipinski definition) is 2. The van der Waals surface area contributed by atoms with E-state index < -0.39 is 28.2 Å². The lowest BCUT2D eigenvalue weighted by Crippen LogP contribution is -2.18. The Labute approximate surface area is 114 Å². The number of nitrogens with one attached hydrogen (secondary N) is 1. The average Bonchev–Trinajstić information content (AvgIpc) is 2.91. The lowest BCUT2D eigenvalue weighted by atomic mass is 10.3. The molecule has 0 unspecified atom stereocenters. The Morgan fingerprint density at radius 1 is 1.30 bits per heavy atom. The number of carboxylic acids is 1. The van der Waals surface area contributed by atoms with Crippen molar-refractivity contribution in [3.05, 3.63) is 30.6 Å². The molecular formula is C10H11N5O4S. The molecule has 10 heteroatoms. The van der Waals surface area contributed by atoms with Gasteiger partial charge in [-0.3, -0.25) is 9.52 Å². The van der Waals surface area contributed by atoms with Gasteiger partial charge in [-0.25, -0.2) is 13.1 Å². The summed E-state index contributed by atoms with van der Waals surface area (Å²) in [6.07, 6.45) is 0.962. The van der Waals surface area contributed by atoms with Crippen LogP contribution in [0.5, 0.6) is 0 Å². The fourth-order valence-corrected chi connectivity index (χ4v) is 2.45. The van der Waals surface area contributed by atoms with Crippen molar-refractivity contribution in [2.75, 3.05) is 10.5 Å². The first-order valence-electron chi connectivity index (χ1n) is 5.52. The van der Waals surface area contributed by atoms with E-state index in [0.717, 1.165) is 0 Å². The molecule has 2 aromatic rings. The molecule has 1 aromatic heterocycles. The van der Waals surface area contributed by atoms with Crippen LogP contribution in [0.4, 0.5) is 5.69 Å². The zero-order valence-electron chi connectivity index (χ0n) is 10.2. The number of nitrogens with zero attached hydrogens (tertiary/aromatic N) is 4. The van der Waals surface area contributed by atoms with E-state index in [0.29, 0.717) is 11.4 Å². The maximum absolute atomic E-state index is 11.6. The van der Waals surface area contributed by atoms with E-state index >= 15 is 0 Å². The summed E-state index contributed by atoms with van der Waals surface area (Å²) in [5.41, 5.74) is 1.01. The minimum Gasteiger partial charge on any atom is -0.481 e. The summed E-state index contributed by atoms with van der Waals surface area (Å²) in [7, 11) is -3.67. The number of sulfonamides is 1. The van der Waals surface area contributed by atoms with E-state index in [-0.39, 0.29) is 0 Å². The molecule has 0 aliphatic carbocycles. The summed E-state index contributed by atoms with van der Waals surface area (Å²) < 4.78 is 26.9. The van der Waals surface area contributed by atoms with Gasteiger partial charge in [0.05, 0.1) is 17.9 Å². The molecule has 0 aliphatic heterocycles. The number of anilines is 1. The SMILES string of the molecule is O=C(O)CCS(=O)(=O)Nc1ccc(-n2cnnn2)cc1. The molecule has 2 rings (SSSR count). The number of aliphatic carboxylic acids is 1. The number of benzene rings is 1. The van der Waals surface area contributed by atoms with E-state index in [1.807, 2.05) is 0 Å². The maximum Gasteiger partial charge on any atom is 0.304 e. The molecule has 0 aliphatic rings. The fraction of sp³-hybridized carbons (Fsp3) is 0.200. The van der Waals surface area contributed by atoms with Crippen molar-refractivity contribution in [1.82, 2.24) is 20.2 Å². The van der Waals surface area contributed by atoms with Crippen molar-refractivity contribution in [2.24, 2.45) is 0 Å². The average molecular weight is 297 g/mol. The third-order valence-corrected chi connectivity index (χ3v) is 3.63. The van der Waals surface area contributed by atoms with Gasteiger partial charge in [0, 0.05) is 5.69 Å². The minimum atomic E-state index is -3.67. The van der Waals surface area contributed by atoms with Gasteiger partial charge in [0.25, 0.3) is 0 Å². The number of hydrogen-bond acceptors (Lipinski definition) is 6. The van der Waals surface area contributed by atoms with Crippen molar-refractivity contribution < 1.29 is 18.3 Å². The topological polar surface area (TPSA) is 127 Å². The normalized spacial score (nSPS) is 11.2. The van der Waals surface area contributed by atoms with E-state index in [1.165, 1.54) is 23.1 Å². The Morgan fingerprint density at radius 3 is 2.55 bits per heavy atom. The van der Waals surface area contributed by atoms with Crippen LogP contribution >= 0.6 is 0 Å². The third-order valence-electron chi connectivity index (χ3n) is 2.34. The van der Waals surface area contributed by atoms with Crippen LogP contribution in [0.3, 0.4) is 0 Å². The van der Waals surface area contributed by atoms with Crippen molar-refractivity contribution >= 4 is 21.7 Å². The number of rotatable bonds is 6. The van der Waals surface area contributed by atoms with Gasteiger partial charge >= 0.3 is 5.97 Å². The zero-order valence-corrected chi connectivity index (χ0v) is 11.0. The Hall–Kier alpha value is -2.49. The van der Waals surface area contributed by atoms with Crippen molar-refractivity contribution in [3.8, 4) is 5.69 Å². The quantitative estimate of drug-likeness (QED) is 0.760. The molecule has 0 fully saturated rings. The van der Waals surface area contributed by atoms with Crippen LogP contribution < -0.4 is 4.72 Å². The van der Waals surface area contributed by atoms with Gasteiger partial charge in [-0.05, 0) is 34.7 Å². The predicted octanol–water partition coefficient (Wildman–Crippen LogP) is -0.121. The summed E-state index contributed by atoms with van der Waals surface area (Å²) in [5.74, 6) is -1.64. The molecule has 9 nitrogen and oxygen atoms in total. The number of carboxylic acid groups (broad SMARTS) is 1. The fourth-order valence-electron chi connectivity index (χ4n) is 1.41. The van der Waals surface area contributed by atoms with Crippen LogP contribution in [0, 0.1) is 0 Å². The Balaban J connectivity index is 2.05. The molecule has 0 atom stereocenters. The third kappa shape index (κ3) is 3.75. The lowest BCUT2D eigenvalue weighted by Gasteiger charge is -2.07. The van der Waals surface area contributed by atoms with Crippen LogP contribution in [-0.2, 0) is 14.8 Å².